The van der Waals surface area contributed by atoms with E-state index in [1.165, 1.54) is 12.8 Å². The van der Waals surface area contributed by atoms with Gasteiger partial charge in [0, 0.05) is 27.9 Å². The van der Waals surface area contributed by atoms with E-state index in [0.717, 1.165) is 29.3 Å². The van der Waals surface area contributed by atoms with Crippen molar-refractivity contribution in [2.45, 2.75) is 42.0 Å². The van der Waals surface area contributed by atoms with Crippen LogP contribution >= 0.6 is 11.8 Å². The SMILES string of the molecule is CCN1CCCCC1CNC(=O)c1ccc2c(c1)NC(=O)c1ccccc1S2. The quantitative estimate of drug-likeness (QED) is 0.821. The Hall–Kier alpha value is -2.31. The molecular weight excluding hydrogens is 370 g/mol. The molecule has 1 unspecified atom stereocenters. The molecule has 2 aromatic carbocycles. The molecule has 2 amide bonds. The van der Waals surface area contributed by atoms with Gasteiger partial charge >= 0.3 is 0 Å². The van der Waals surface area contributed by atoms with Crippen molar-refractivity contribution in [1.82, 2.24) is 10.2 Å². The molecule has 1 saturated heterocycles. The Kier molecular flexibility index (Phi) is 5.69. The molecule has 2 aliphatic heterocycles. The Labute approximate surface area is 169 Å². The summed E-state index contributed by atoms with van der Waals surface area (Å²) in [6.45, 7) is 4.96. The molecule has 2 aromatic rings. The van der Waals surface area contributed by atoms with Gasteiger partial charge in [-0.15, -0.1) is 0 Å². The molecule has 5 nitrogen and oxygen atoms in total. The zero-order chi connectivity index (χ0) is 19.5. The minimum Gasteiger partial charge on any atom is -0.350 e. The molecule has 1 fully saturated rings. The van der Waals surface area contributed by atoms with Gasteiger partial charge < -0.3 is 10.6 Å². The maximum atomic E-state index is 12.7. The first-order chi connectivity index (χ1) is 13.7. The summed E-state index contributed by atoms with van der Waals surface area (Å²) in [7, 11) is 0. The number of likely N-dealkylation sites (tertiary alicyclic amines) is 1. The summed E-state index contributed by atoms with van der Waals surface area (Å²) in [5.41, 5.74) is 1.92. The molecule has 2 heterocycles. The fourth-order valence-electron chi connectivity index (χ4n) is 3.93. The number of hydrogen-bond acceptors (Lipinski definition) is 4. The highest BCUT2D eigenvalue weighted by molar-refractivity contribution is 7.99. The fraction of sp³-hybridized carbons (Fsp3) is 0.364. The van der Waals surface area contributed by atoms with Crippen LogP contribution in [0.2, 0.25) is 0 Å². The number of nitrogens with zero attached hydrogens (tertiary/aromatic N) is 1. The topological polar surface area (TPSA) is 61.4 Å². The van der Waals surface area contributed by atoms with Gasteiger partial charge in [-0.3, -0.25) is 14.5 Å². The zero-order valence-electron chi connectivity index (χ0n) is 16.0. The lowest BCUT2D eigenvalue weighted by Gasteiger charge is -2.34. The number of piperidine rings is 1. The molecular formula is C22H25N3O2S. The molecule has 28 heavy (non-hydrogen) atoms. The first kappa shape index (κ1) is 19.0. The maximum Gasteiger partial charge on any atom is 0.256 e. The second kappa shape index (κ2) is 8.37. The molecule has 0 saturated carbocycles. The van der Waals surface area contributed by atoms with E-state index in [-0.39, 0.29) is 11.8 Å². The number of benzene rings is 2. The third-order valence-electron chi connectivity index (χ3n) is 5.50. The van der Waals surface area contributed by atoms with E-state index in [1.54, 1.807) is 17.8 Å². The standard InChI is InChI=1S/C22H25N3O2S/c1-2-25-12-6-5-7-16(25)14-23-21(26)15-10-11-20-18(13-15)24-22(27)17-8-3-4-9-19(17)28-20/h3-4,8-11,13,16H,2,5-7,12,14H2,1H3,(H,23,26)(H,24,27). The molecule has 2 aliphatic rings. The van der Waals surface area contributed by atoms with Crippen molar-refractivity contribution in [3.05, 3.63) is 53.6 Å². The van der Waals surface area contributed by atoms with E-state index in [9.17, 15) is 9.59 Å². The van der Waals surface area contributed by atoms with E-state index in [4.69, 9.17) is 0 Å². The Balaban J connectivity index is 1.47. The number of amides is 2. The van der Waals surface area contributed by atoms with Crippen molar-refractivity contribution in [3.8, 4) is 0 Å². The number of rotatable bonds is 4. The molecule has 0 radical (unpaired) electrons. The normalized spacial score (nSPS) is 19.2. The van der Waals surface area contributed by atoms with Gasteiger partial charge in [0.15, 0.2) is 0 Å². The lowest BCUT2D eigenvalue weighted by molar-refractivity contribution is 0.0917. The van der Waals surface area contributed by atoms with Crippen LogP contribution in [0.15, 0.2) is 52.3 Å². The van der Waals surface area contributed by atoms with Crippen LogP contribution in [0.25, 0.3) is 0 Å². The Morgan fingerprint density at radius 1 is 1.21 bits per heavy atom. The summed E-state index contributed by atoms with van der Waals surface area (Å²) in [4.78, 5) is 29.5. The summed E-state index contributed by atoms with van der Waals surface area (Å²) in [5.74, 6) is -0.231. The summed E-state index contributed by atoms with van der Waals surface area (Å²) < 4.78 is 0. The molecule has 0 bridgehead atoms. The highest BCUT2D eigenvalue weighted by Crippen LogP contribution is 2.38. The predicted octanol–water partition coefficient (Wildman–Crippen LogP) is 4.01. The van der Waals surface area contributed by atoms with Crippen molar-refractivity contribution < 1.29 is 9.59 Å². The van der Waals surface area contributed by atoms with Crippen LogP contribution in [0.4, 0.5) is 5.69 Å². The molecule has 1 atom stereocenters. The van der Waals surface area contributed by atoms with Crippen molar-refractivity contribution in [2.75, 3.05) is 25.0 Å². The van der Waals surface area contributed by atoms with Crippen molar-refractivity contribution in [1.29, 1.82) is 0 Å². The Bertz CT molecular complexity index is 899. The van der Waals surface area contributed by atoms with Crippen LogP contribution in [0, 0.1) is 0 Å². The van der Waals surface area contributed by atoms with Crippen molar-refractivity contribution >= 4 is 29.3 Å². The number of hydrogen-bond donors (Lipinski definition) is 2. The van der Waals surface area contributed by atoms with Gasteiger partial charge in [-0.2, -0.15) is 0 Å². The van der Waals surface area contributed by atoms with Gasteiger partial charge in [-0.25, -0.2) is 0 Å². The average molecular weight is 396 g/mol. The van der Waals surface area contributed by atoms with Crippen molar-refractivity contribution in [2.24, 2.45) is 0 Å². The first-order valence-electron chi connectivity index (χ1n) is 9.90. The van der Waals surface area contributed by atoms with Crippen LogP contribution in [-0.4, -0.2) is 42.4 Å². The summed E-state index contributed by atoms with van der Waals surface area (Å²) in [6.07, 6.45) is 3.59. The van der Waals surface area contributed by atoms with Crippen LogP contribution in [0.5, 0.6) is 0 Å². The van der Waals surface area contributed by atoms with Gasteiger partial charge in [0.2, 0.25) is 0 Å². The molecule has 2 N–H and O–H groups in total. The molecule has 0 spiro atoms. The van der Waals surface area contributed by atoms with Crippen LogP contribution in [0.3, 0.4) is 0 Å². The monoisotopic (exact) mass is 395 g/mol. The lowest BCUT2D eigenvalue weighted by Crippen LogP contribution is -2.46. The van der Waals surface area contributed by atoms with Gasteiger partial charge in [0.1, 0.15) is 0 Å². The molecule has 0 aliphatic carbocycles. The average Bonchev–Trinajstić information content (AvgIpc) is 2.87. The third kappa shape index (κ3) is 3.93. The largest absolute Gasteiger partial charge is 0.350 e. The zero-order valence-corrected chi connectivity index (χ0v) is 16.8. The van der Waals surface area contributed by atoms with Crippen LogP contribution < -0.4 is 10.6 Å². The predicted molar refractivity (Wildman–Crippen MR) is 112 cm³/mol. The highest BCUT2D eigenvalue weighted by atomic mass is 32.2. The van der Waals surface area contributed by atoms with Crippen LogP contribution in [-0.2, 0) is 0 Å². The fourth-order valence-corrected chi connectivity index (χ4v) is 4.94. The second-order valence-electron chi connectivity index (χ2n) is 7.25. The lowest BCUT2D eigenvalue weighted by atomic mass is 10.0. The van der Waals surface area contributed by atoms with Gasteiger partial charge in [0.25, 0.3) is 11.8 Å². The van der Waals surface area contributed by atoms with Crippen LogP contribution in [0.1, 0.15) is 46.9 Å². The number of nitrogens with one attached hydrogen (secondary N) is 2. The number of anilines is 1. The molecule has 4 rings (SSSR count). The van der Waals surface area contributed by atoms with E-state index in [2.05, 4.69) is 22.5 Å². The van der Waals surface area contributed by atoms with E-state index in [0.29, 0.717) is 29.4 Å². The van der Waals surface area contributed by atoms with Gasteiger partial charge in [0.05, 0.1) is 11.3 Å². The Morgan fingerprint density at radius 2 is 2.07 bits per heavy atom. The smallest absolute Gasteiger partial charge is 0.256 e. The number of carbonyl (C=O) groups is 2. The summed E-state index contributed by atoms with van der Waals surface area (Å²) in [6, 6.07) is 13.5. The van der Waals surface area contributed by atoms with Gasteiger partial charge in [-0.1, -0.05) is 37.2 Å². The maximum absolute atomic E-state index is 12.7. The molecule has 146 valence electrons. The third-order valence-corrected chi connectivity index (χ3v) is 6.65. The minimum atomic E-state index is -0.139. The number of likely N-dealkylation sites (N-methyl/N-ethyl adjacent to an activating group) is 1. The number of carbonyl (C=O) groups excluding carboxylic acids is 2. The minimum absolute atomic E-state index is 0.0922. The first-order valence-corrected chi connectivity index (χ1v) is 10.7. The second-order valence-corrected chi connectivity index (χ2v) is 8.34. The van der Waals surface area contributed by atoms with E-state index < -0.39 is 0 Å². The van der Waals surface area contributed by atoms with E-state index >= 15 is 0 Å². The Morgan fingerprint density at radius 3 is 2.93 bits per heavy atom. The highest BCUT2D eigenvalue weighted by Gasteiger charge is 2.23. The van der Waals surface area contributed by atoms with E-state index in [1.807, 2.05) is 36.4 Å². The summed E-state index contributed by atoms with van der Waals surface area (Å²) >= 11 is 1.55. The molecule has 0 aromatic heterocycles. The molecule has 6 heteroatoms. The van der Waals surface area contributed by atoms with Crippen molar-refractivity contribution in [3.63, 3.8) is 0 Å². The number of fused-ring (bicyclic) bond motifs is 2. The van der Waals surface area contributed by atoms with Gasteiger partial charge in [-0.05, 0) is 56.3 Å². The summed E-state index contributed by atoms with van der Waals surface area (Å²) in [5, 5.41) is 6.03.